The zero-order valence-electron chi connectivity index (χ0n) is 30.1. The minimum Gasteiger partial charge on any atom is -0.397 e. The topological polar surface area (TPSA) is 141 Å². The van der Waals surface area contributed by atoms with E-state index in [1.165, 1.54) is 0 Å². The van der Waals surface area contributed by atoms with Crippen molar-refractivity contribution in [1.29, 1.82) is 0 Å². The van der Waals surface area contributed by atoms with Gasteiger partial charge < -0.3 is 35.5 Å². The van der Waals surface area contributed by atoms with Crippen LogP contribution in [0.1, 0.15) is 66.8 Å². The third-order valence-electron chi connectivity index (χ3n) is 9.82. The normalized spacial score (nSPS) is 16.9. The van der Waals surface area contributed by atoms with E-state index in [9.17, 15) is 14.7 Å². The molecule has 3 atom stereocenters. The molecule has 276 valence electrons. The summed E-state index contributed by atoms with van der Waals surface area (Å²) >= 11 is 0. The zero-order valence-corrected chi connectivity index (χ0v) is 30.1. The number of fused-ring (bicyclic) bond motifs is 1. The molecule has 1 saturated heterocycles. The van der Waals surface area contributed by atoms with Gasteiger partial charge in [-0.05, 0) is 64.9 Å². The van der Waals surface area contributed by atoms with Crippen molar-refractivity contribution < 1.29 is 24.2 Å². The lowest BCUT2D eigenvalue weighted by molar-refractivity contribution is -0.252. The number of imidazole rings is 1. The molecule has 1 aliphatic rings. The molecule has 0 spiro atoms. The average molecular weight is 724 g/mol. The fourth-order valence-electron chi connectivity index (χ4n) is 6.86. The smallest absolute Gasteiger partial charge is 0.224 e. The van der Waals surface area contributed by atoms with E-state index in [2.05, 4.69) is 44.5 Å². The first-order valence-corrected chi connectivity index (χ1v) is 18.4. The van der Waals surface area contributed by atoms with E-state index in [1.54, 1.807) is 12.1 Å². The van der Waals surface area contributed by atoms with Gasteiger partial charge in [-0.2, -0.15) is 0 Å². The number of nitrogens with zero attached hydrogens (tertiary/aromatic N) is 2. The Bertz CT molecular complexity index is 2180. The lowest BCUT2D eigenvalue weighted by Crippen LogP contribution is -2.32. The summed E-state index contributed by atoms with van der Waals surface area (Å²) in [5.74, 6) is -0.176. The number of nitrogen functional groups attached to an aromatic ring is 1. The molecular weight excluding hydrogens is 679 g/mol. The maximum absolute atomic E-state index is 12.7. The second kappa shape index (κ2) is 17.3. The van der Waals surface area contributed by atoms with E-state index >= 15 is 0 Å². The van der Waals surface area contributed by atoms with Gasteiger partial charge in [0.05, 0.1) is 54.1 Å². The largest absolute Gasteiger partial charge is 0.397 e. The van der Waals surface area contributed by atoms with Gasteiger partial charge in [0.15, 0.2) is 6.29 Å². The molecule has 0 bridgehead atoms. The number of rotatable bonds is 14. The maximum atomic E-state index is 12.7. The fourth-order valence-corrected chi connectivity index (χ4v) is 6.86. The lowest BCUT2D eigenvalue weighted by atomic mass is 9.97. The van der Waals surface area contributed by atoms with Gasteiger partial charge in [-0.25, -0.2) is 4.98 Å². The van der Waals surface area contributed by atoms with Gasteiger partial charge in [-0.15, -0.1) is 0 Å². The van der Waals surface area contributed by atoms with E-state index in [1.807, 2.05) is 91.3 Å². The molecule has 5 N–H and O–H groups in total. The number of benzene rings is 5. The zero-order chi connectivity index (χ0) is 37.3. The van der Waals surface area contributed by atoms with Crippen molar-refractivity contribution in [2.75, 3.05) is 11.1 Å². The van der Waals surface area contributed by atoms with Gasteiger partial charge in [0.25, 0.3) is 0 Å². The van der Waals surface area contributed by atoms with Crippen molar-refractivity contribution >= 4 is 34.2 Å². The highest BCUT2D eigenvalue weighted by molar-refractivity contribution is 5.93. The molecule has 2 heterocycles. The first-order valence-electron chi connectivity index (χ1n) is 18.4. The Balaban J connectivity index is 0.977. The van der Waals surface area contributed by atoms with Crippen molar-refractivity contribution in [2.45, 2.75) is 70.3 Å². The Morgan fingerprint density at radius 3 is 2.30 bits per heavy atom. The molecule has 2 amide bonds. The number of unbranched alkanes of at least 4 members (excludes halogenated alkanes) is 1. The van der Waals surface area contributed by atoms with Crippen molar-refractivity contribution in [2.24, 2.45) is 0 Å². The predicted octanol–water partition coefficient (Wildman–Crippen LogP) is 7.84. The van der Waals surface area contributed by atoms with E-state index in [0.29, 0.717) is 56.6 Å². The number of hydrogen-bond donors (Lipinski definition) is 4. The molecule has 1 aromatic heterocycles. The number of nitrogens with one attached hydrogen (secondary N) is 2. The molecular formula is C44H45N5O5. The summed E-state index contributed by atoms with van der Waals surface area (Å²) < 4.78 is 15.4. The van der Waals surface area contributed by atoms with Crippen LogP contribution in [0, 0.1) is 0 Å². The molecule has 1 aliphatic heterocycles. The number of aliphatic hydroxyl groups excluding tert-OH is 1. The number of carbonyl (C=O) groups is 2. The molecule has 0 saturated carbocycles. The van der Waals surface area contributed by atoms with Gasteiger partial charge in [0, 0.05) is 31.4 Å². The van der Waals surface area contributed by atoms with Gasteiger partial charge >= 0.3 is 0 Å². The number of hydrogen-bond acceptors (Lipinski definition) is 7. The van der Waals surface area contributed by atoms with Crippen LogP contribution in [0.3, 0.4) is 0 Å². The first kappa shape index (κ1) is 36.5. The standard InChI is InChI=1S/C44H45N5O5/c45-37-11-3-4-12-38(37)48-43(52)16-8-7-15-42(51)46-26-34-9-1-2-10-36(34)31-21-23-33(24-22-31)44-53-35(27-49-29-47-39-13-5-6-14-40(39)49)25-41(54-44)32-19-17-30(28-50)18-20-32/h1-6,9-14,17-24,29,35,41,44,50H,7-8,15-16,25-28,45H2,(H,46,51)(H,48,52). The number of carbonyl (C=O) groups excluding carboxylic acids is 2. The summed E-state index contributed by atoms with van der Waals surface area (Å²) in [5.41, 5.74) is 14.9. The molecule has 0 aliphatic carbocycles. The molecule has 6 aromatic rings. The van der Waals surface area contributed by atoms with Crippen LogP contribution in [0.2, 0.25) is 0 Å². The molecule has 0 radical (unpaired) electrons. The number of aliphatic hydroxyl groups is 1. The molecule has 10 heteroatoms. The second-order valence-corrected chi connectivity index (χ2v) is 13.6. The molecule has 1 fully saturated rings. The summed E-state index contributed by atoms with van der Waals surface area (Å²) in [4.78, 5) is 29.6. The van der Waals surface area contributed by atoms with E-state index in [-0.39, 0.29) is 30.6 Å². The molecule has 7 rings (SSSR count). The van der Waals surface area contributed by atoms with Crippen molar-refractivity contribution in [1.82, 2.24) is 14.9 Å². The number of para-hydroxylation sites is 4. The van der Waals surface area contributed by atoms with Crippen molar-refractivity contribution in [3.63, 3.8) is 0 Å². The highest BCUT2D eigenvalue weighted by Crippen LogP contribution is 2.39. The SMILES string of the molecule is Nc1ccccc1NC(=O)CCCCC(=O)NCc1ccccc1-c1ccc(C2OC(Cn3cnc4ccccc43)CC(c3ccc(CO)cc3)O2)cc1. The third kappa shape index (κ3) is 9.03. The van der Waals surface area contributed by atoms with Crippen LogP contribution in [0.5, 0.6) is 0 Å². The van der Waals surface area contributed by atoms with Crippen LogP contribution in [0.4, 0.5) is 11.4 Å². The van der Waals surface area contributed by atoms with E-state index < -0.39 is 6.29 Å². The Hall–Kier alpha value is -5.81. The summed E-state index contributed by atoms with van der Waals surface area (Å²) in [7, 11) is 0. The minimum absolute atomic E-state index is 0.0102. The number of ether oxygens (including phenoxy) is 2. The van der Waals surface area contributed by atoms with Crippen LogP contribution in [0.15, 0.2) is 128 Å². The van der Waals surface area contributed by atoms with E-state index in [0.717, 1.165) is 44.4 Å². The average Bonchev–Trinajstić information content (AvgIpc) is 3.62. The molecule has 3 unspecified atom stereocenters. The second-order valence-electron chi connectivity index (χ2n) is 13.6. The summed E-state index contributed by atoms with van der Waals surface area (Å²) in [6, 6.07) is 39.4. The summed E-state index contributed by atoms with van der Waals surface area (Å²) in [5, 5.41) is 15.5. The Kier molecular flexibility index (Phi) is 11.7. The van der Waals surface area contributed by atoms with Gasteiger partial charge in [0.1, 0.15) is 0 Å². The Morgan fingerprint density at radius 1 is 0.796 bits per heavy atom. The number of amides is 2. The van der Waals surface area contributed by atoms with Crippen LogP contribution in [0.25, 0.3) is 22.2 Å². The van der Waals surface area contributed by atoms with Crippen LogP contribution in [-0.4, -0.2) is 32.6 Å². The van der Waals surface area contributed by atoms with Crippen LogP contribution >= 0.6 is 0 Å². The van der Waals surface area contributed by atoms with E-state index in [4.69, 9.17) is 15.2 Å². The van der Waals surface area contributed by atoms with Gasteiger partial charge in [0.2, 0.25) is 11.8 Å². The van der Waals surface area contributed by atoms with Crippen LogP contribution < -0.4 is 16.4 Å². The fraction of sp³-hybridized carbons (Fsp3) is 0.250. The predicted molar refractivity (Wildman–Crippen MR) is 210 cm³/mol. The number of anilines is 2. The van der Waals surface area contributed by atoms with Crippen molar-refractivity contribution in [3.05, 3.63) is 150 Å². The Labute approximate surface area is 315 Å². The summed E-state index contributed by atoms with van der Waals surface area (Å²) in [6.07, 6.45) is 3.45. The summed E-state index contributed by atoms with van der Waals surface area (Å²) in [6.45, 7) is 1.01. The van der Waals surface area contributed by atoms with Crippen LogP contribution in [-0.2, 0) is 38.8 Å². The monoisotopic (exact) mass is 723 g/mol. The molecule has 54 heavy (non-hydrogen) atoms. The maximum Gasteiger partial charge on any atom is 0.224 e. The van der Waals surface area contributed by atoms with Crippen molar-refractivity contribution in [3.8, 4) is 11.1 Å². The highest BCUT2D eigenvalue weighted by atomic mass is 16.7. The highest BCUT2D eigenvalue weighted by Gasteiger charge is 2.32. The Morgan fingerprint density at radius 2 is 1.50 bits per heavy atom. The van der Waals surface area contributed by atoms with Gasteiger partial charge in [-0.1, -0.05) is 97.1 Å². The first-order chi connectivity index (χ1) is 26.4. The lowest BCUT2D eigenvalue weighted by Gasteiger charge is -2.36. The quantitative estimate of drug-likeness (QED) is 0.0663. The minimum atomic E-state index is -0.591. The number of aromatic nitrogens is 2. The third-order valence-corrected chi connectivity index (χ3v) is 9.82. The van der Waals surface area contributed by atoms with Gasteiger partial charge in [-0.3, -0.25) is 9.59 Å². The molecule has 5 aromatic carbocycles. The molecule has 10 nitrogen and oxygen atoms in total. The number of nitrogens with two attached hydrogens (primary N) is 1.